The first-order chi connectivity index (χ1) is 13.5. The standard InChI is InChI=1S/C22H26N4O2/c1-22(15-20(27)24-19-7-3-6-14-26(19)22)21(28)23-18-10-8-17(9-11-18)16-25-12-4-2-5-13-25/h3,6-11,14H,2,4-5,12-13,15-16H2,1H3,(H,23,28). The molecular formula is C22H26N4O2. The van der Waals surface area contributed by atoms with E-state index in [0.717, 1.165) is 25.3 Å². The summed E-state index contributed by atoms with van der Waals surface area (Å²) < 4.78 is 0. The molecule has 0 aromatic heterocycles. The molecule has 6 nitrogen and oxygen atoms in total. The van der Waals surface area contributed by atoms with Crippen LogP contribution in [0.3, 0.4) is 0 Å². The summed E-state index contributed by atoms with van der Waals surface area (Å²) in [6.07, 6.45) is 11.1. The number of carbonyl (C=O) groups excluding carboxylic acids is 2. The Kier molecular flexibility index (Phi) is 5.13. The van der Waals surface area contributed by atoms with Gasteiger partial charge in [-0.05, 0) is 62.7 Å². The van der Waals surface area contributed by atoms with E-state index in [1.165, 1.54) is 24.8 Å². The van der Waals surface area contributed by atoms with E-state index in [4.69, 9.17) is 0 Å². The topological polar surface area (TPSA) is 65.0 Å². The summed E-state index contributed by atoms with van der Waals surface area (Å²) in [6, 6.07) is 8.00. The second-order valence-electron chi connectivity index (χ2n) is 7.87. The maximum atomic E-state index is 13.1. The van der Waals surface area contributed by atoms with Gasteiger partial charge in [0, 0.05) is 18.4 Å². The van der Waals surface area contributed by atoms with Crippen LogP contribution in [0.25, 0.3) is 0 Å². The minimum Gasteiger partial charge on any atom is -0.324 e. The van der Waals surface area contributed by atoms with Crippen molar-refractivity contribution in [1.82, 2.24) is 9.80 Å². The highest BCUT2D eigenvalue weighted by Gasteiger charge is 2.45. The number of amidine groups is 1. The zero-order chi connectivity index (χ0) is 19.6. The first kappa shape index (κ1) is 18.6. The van der Waals surface area contributed by atoms with Crippen LogP contribution in [0.15, 0.2) is 53.7 Å². The number of likely N-dealkylation sites (tertiary alicyclic amines) is 1. The molecule has 4 rings (SSSR count). The van der Waals surface area contributed by atoms with Crippen molar-refractivity contribution >= 4 is 23.3 Å². The van der Waals surface area contributed by atoms with Crippen molar-refractivity contribution in [3.05, 3.63) is 54.3 Å². The Hall–Kier alpha value is -2.73. The van der Waals surface area contributed by atoms with E-state index in [0.29, 0.717) is 5.84 Å². The van der Waals surface area contributed by atoms with Crippen LogP contribution in [-0.2, 0) is 16.1 Å². The number of nitrogens with one attached hydrogen (secondary N) is 1. The molecule has 0 spiro atoms. The Morgan fingerprint density at radius 1 is 1.14 bits per heavy atom. The molecule has 6 heteroatoms. The SMILES string of the molecule is CC1(C(=O)Nc2ccc(CN3CCCCC3)cc2)CC(=O)N=C2C=CC=CN21. The van der Waals surface area contributed by atoms with Crippen LogP contribution in [0.1, 0.15) is 38.2 Å². The fraction of sp³-hybridized carbons (Fsp3) is 0.409. The number of piperidine rings is 1. The van der Waals surface area contributed by atoms with Crippen LogP contribution in [0.5, 0.6) is 0 Å². The molecule has 2 amide bonds. The second kappa shape index (κ2) is 7.72. The molecule has 1 aromatic carbocycles. The Labute approximate surface area is 165 Å². The normalized spacial score (nSPS) is 24.7. The lowest BCUT2D eigenvalue weighted by molar-refractivity contribution is -0.130. The summed E-state index contributed by atoms with van der Waals surface area (Å²) in [6.45, 7) is 5.05. The number of amides is 2. The zero-order valence-electron chi connectivity index (χ0n) is 16.2. The highest BCUT2D eigenvalue weighted by atomic mass is 16.2. The third-order valence-corrected chi connectivity index (χ3v) is 5.66. The lowest BCUT2D eigenvalue weighted by Crippen LogP contribution is -2.58. The molecule has 3 aliphatic rings. The van der Waals surface area contributed by atoms with Crippen molar-refractivity contribution in [3.63, 3.8) is 0 Å². The van der Waals surface area contributed by atoms with Gasteiger partial charge >= 0.3 is 0 Å². The Bertz CT molecular complexity index is 850. The van der Waals surface area contributed by atoms with Gasteiger partial charge in [-0.15, -0.1) is 0 Å². The molecule has 3 heterocycles. The summed E-state index contributed by atoms with van der Waals surface area (Å²) in [5, 5.41) is 2.98. The van der Waals surface area contributed by atoms with Gasteiger partial charge in [0.15, 0.2) is 0 Å². The van der Waals surface area contributed by atoms with Crippen molar-refractivity contribution in [1.29, 1.82) is 0 Å². The first-order valence-corrected chi connectivity index (χ1v) is 9.93. The van der Waals surface area contributed by atoms with E-state index in [1.807, 2.05) is 24.3 Å². The summed E-state index contributed by atoms with van der Waals surface area (Å²) in [4.78, 5) is 33.4. The van der Waals surface area contributed by atoms with Gasteiger partial charge in [-0.2, -0.15) is 4.99 Å². The molecule has 0 saturated carbocycles. The molecule has 1 unspecified atom stereocenters. The smallest absolute Gasteiger partial charge is 0.250 e. The molecule has 0 radical (unpaired) electrons. The summed E-state index contributed by atoms with van der Waals surface area (Å²) in [5.74, 6) is 0.0194. The average Bonchev–Trinajstić information content (AvgIpc) is 2.70. The van der Waals surface area contributed by atoms with Crippen molar-refractivity contribution in [2.75, 3.05) is 18.4 Å². The molecule has 1 atom stereocenters. The highest BCUT2D eigenvalue weighted by molar-refractivity contribution is 6.11. The molecule has 28 heavy (non-hydrogen) atoms. The van der Waals surface area contributed by atoms with Gasteiger partial charge in [-0.25, -0.2) is 0 Å². The highest BCUT2D eigenvalue weighted by Crippen LogP contribution is 2.29. The predicted molar refractivity (Wildman–Crippen MR) is 110 cm³/mol. The number of aliphatic imine (C=N–C) groups is 1. The molecule has 0 aliphatic carbocycles. The molecule has 1 fully saturated rings. The maximum absolute atomic E-state index is 13.1. The van der Waals surface area contributed by atoms with Gasteiger partial charge in [-0.3, -0.25) is 14.5 Å². The van der Waals surface area contributed by atoms with Crippen molar-refractivity contribution in [3.8, 4) is 0 Å². The number of anilines is 1. The van der Waals surface area contributed by atoms with Gasteiger partial charge in [0.1, 0.15) is 11.4 Å². The van der Waals surface area contributed by atoms with E-state index in [-0.39, 0.29) is 18.2 Å². The largest absolute Gasteiger partial charge is 0.324 e. The van der Waals surface area contributed by atoms with Gasteiger partial charge < -0.3 is 10.2 Å². The van der Waals surface area contributed by atoms with Crippen LogP contribution in [-0.4, -0.2) is 46.1 Å². The first-order valence-electron chi connectivity index (χ1n) is 9.93. The fourth-order valence-electron chi connectivity index (χ4n) is 4.01. The molecular weight excluding hydrogens is 352 g/mol. The Morgan fingerprint density at radius 2 is 1.89 bits per heavy atom. The van der Waals surface area contributed by atoms with Crippen molar-refractivity contribution in [2.45, 2.75) is 44.7 Å². The summed E-state index contributed by atoms with van der Waals surface area (Å²) in [5.41, 5.74) is 0.987. The predicted octanol–water partition coefficient (Wildman–Crippen LogP) is 3.08. The lowest BCUT2D eigenvalue weighted by atomic mass is 9.91. The van der Waals surface area contributed by atoms with Crippen LogP contribution < -0.4 is 5.32 Å². The van der Waals surface area contributed by atoms with E-state index < -0.39 is 5.54 Å². The maximum Gasteiger partial charge on any atom is 0.250 e. The van der Waals surface area contributed by atoms with Crippen LogP contribution in [0, 0.1) is 0 Å². The van der Waals surface area contributed by atoms with Crippen LogP contribution in [0.2, 0.25) is 0 Å². The van der Waals surface area contributed by atoms with Gasteiger partial charge in [0.05, 0.1) is 6.42 Å². The van der Waals surface area contributed by atoms with Crippen LogP contribution in [0.4, 0.5) is 5.69 Å². The molecule has 3 aliphatic heterocycles. The van der Waals surface area contributed by atoms with E-state index in [2.05, 4.69) is 27.3 Å². The van der Waals surface area contributed by atoms with E-state index in [9.17, 15) is 9.59 Å². The monoisotopic (exact) mass is 378 g/mol. The number of fused-ring (bicyclic) bond motifs is 1. The lowest BCUT2D eigenvalue weighted by Gasteiger charge is -2.41. The van der Waals surface area contributed by atoms with E-state index in [1.54, 1.807) is 24.1 Å². The number of carbonyl (C=O) groups is 2. The minimum atomic E-state index is -0.998. The molecule has 1 saturated heterocycles. The van der Waals surface area contributed by atoms with Crippen molar-refractivity contribution < 1.29 is 9.59 Å². The zero-order valence-corrected chi connectivity index (χ0v) is 16.2. The second-order valence-corrected chi connectivity index (χ2v) is 7.87. The number of rotatable bonds is 4. The molecule has 146 valence electrons. The number of hydrogen-bond acceptors (Lipinski definition) is 4. The summed E-state index contributed by atoms with van der Waals surface area (Å²) >= 11 is 0. The number of allylic oxidation sites excluding steroid dienone is 2. The molecule has 1 aromatic rings. The molecule has 1 N–H and O–H groups in total. The number of hydrogen-bond donors (Lipinski definition) is 1. The third-order valence-electron chi connectivity index (χ3n) is 5.66. The Morgan fingerprint density at radius 3 is 2.64 bits per heavy atom. The fourth-order valence-corrected chi connectivity index (χ4v) is 4.01. The minimum absolute atomic E-state index is 0.0492. The summed E-state index contributed by atoms with van der Waals surface area (Å²) in [7, 11) is 0. The Balaban J connectivity index is 1.44. The quantitative estimate of drug-likeness (QED) is 0.874. The van der Waals surface area contributed by atoms with E-state index >= 15 is 0 Å². The van der Waals surface area contributed by atoms with Crippen molar-refractivity contribution in [2.24, 2.45) is 4.99 Å². The number of nitrogens with zero attached hydrogens (tertiary/aromatic N) is 3. The number of benzene rings is 1. The van der Waals surface area contributed by atoms with Gasteiger partial charge in [-0.1, -0.05) is 24.6 Å². The average molecular weight is 378 g/mol. The van der Waals surface area contributed by atoms with Gasteiger partial charge in [0.2, 0.25) is 0 Å². The third kappa shape index (κ3) is 3.78. The van der Waals surface area contributed by atoms with Crippen LogP contribution >= 0.6 is 0 Å². The molecule has 0 bridgehead atoms. The van der Waals surface area contributed by atoms with Gasteiger partial charge in [0.25, 0.3) is 11.8 Å².